The molecule has 0 aromatic heterocycles. The summed E-state index contributed by atoms with van der Waals surface area (Å²) in [5.41, 5.74) is 2.72. The smallest absolute Gasteiger partial charge is 0.0897 e. The highest BCUT2D eigenvalue weighted by Gasteiger charge is 2.23. The van der Waals surface area contributed by atoms with Crippen LogP contribution in [0, 0.1) is 0 Å². The highest BCUT2D eigenvalue weighted by atomic mass is 16.5. The number of nitrogens with zero attached hydrogens (tertiary/aromatic N) is 1. The number of nitrogens with one attached hydrogen (secondary N) is 1. The summed E-state index contributed by atoms with van der Waals surface area (Å²) in [4.78, 5) is 2.52. The minimum atomic E-state index is -0.435. The van der Waals surface area contributed by atoms with Crippen LogP contribution in [0.3, 0.4) is 0 Å². The fourth-order valence-electron chi connectivity index (χ4n) is 4.13. The van der Waals surface area contributed by atoms with Gasteiger partial charge in [0.2, 0.25) is 0 Å². The lowest BCUT2D eigenvalue weighted by Crippen LogP contribution is -2.41. The highest BCUT2D eigenvalue weighted by molar-refractivity contribution is 5.31. The number of likely N-dealkylation sites (tertiary alicyclic amines) is 1. The quantitative estimate of drug-likeness (QED) is 0.768. The average Bonchev–Trinajstić information content (AvgIpc) is 3.07. The number of aryl methyl sites for hydroxylation is 1. The van der Waals surface area contributed by atoms with Crippen LogP contribution in [0.2, 0.25) is 0 Å². The molecule has 2 aliphatic rings. The van der Waals surface area contributed by atoms with Gasteiger partial charge in [0, 0.05) is 19.1 Å². The Hall–Kier alpha value is -0.940. The summed E-state index contributed by atoms with van der Waals surface area (Å²) < 4.78 is 6.04. The van der Waals surface area contributed by atoms with Gasteiger partial charge in [-0.15, -0.1) is 0 Å². The van der Waals surface area contributed by atoms with Crippen LogP contribution in [-0.4, -0.2) is 54.9 Å². The molecule has 3 atom stereocenters. The predicted molar refractivity (Wildman–Crippen MR) is 97.2 cm³/mol. The molecule has 1 aliphatic heterocycles. The predicted octanol–water partition coefficient (Wildman–Crippen LogP) is 2.52. The van der Waals surface area contributed by atoms with Crippen molar-refractivity contribution in [1.29, 1.82) is 0 Å². The summed E-state index contributed by atoms with van der Waals surface area (Å²) in [6, 6.07) is 9.18. The topological polar surface area (TPSA) is 44.7 Å². The summed E-state index contributed by atoms with van der Waals surface area (Å²) in [6.45, 7) is 6.56. The number of ether oxygens (including phenoxy) is 1. The molecule has 4 nitrogen and oxygen atoms in total. The van der Waals surface area contributed by atoms with Crippen LogP contribution in [0.1, 0.15) is 49.8 Å². The minimum Gasteiger partial charge on any atom is -0.389 e. The molecule has 0 amide bonds. The second kappa shape index (κ2) is 8.95. The van der Waals surface area contributed by atoms with E-state index < -0.39 is 6.10 Å². The Labute approximate surface area is 146 Å². The molecule has 0 spiro atoms. The molecule has 1 saturated heterocycles. The van der Waals surface area contributed by atoms with E-state index in [9.17, 15) is 5.11 Å². The Bertz CT molecular complexity index is 508. The van der Waals surface area contributed by atoms with E-state index in [-0.39, 0.29) is 6.10 Å². The SMILES string of the molecule is CCN1CCC[C@H]1CNC[C@H](O)CO[C@@H]1CCCc2ccccc21. The Kier molecular flexibility index (Phi) is 6.67. The third-order valence-electron chi connectivity index (χ3n) is 5.47. The molecule has 1 fully saturated rings. The van der Waals surface area contributed by atoms with Crippen molar-refractivity contribution in [1.82, 2.24) is 10.2 Å². The van der Waals surface area contributed by atoms with Crippen molar-refractivity contribution >= 4 is 0 Å². The Morgan fingerprint density at radius 1 is 1.29 bits per heavy atom. The summed E-state index contributed by atoms with van der Waals surface area (Å²) >= 11 is 0. The van der Waals surface area contributed by atoms with Gasteiger partial charge in [-0.3, -0.25) is 4.90 Å². The maximum Gasteiger partial charge on any atom is 0.0897 e. The van der Waals surface area contributed by atoms with Crippen molar-refractivity contribution in [2.75, 3.05) is 32.8 Å². The van der Waals surface area contributed by atoms with Crippen LogP contribution in [0.4, 0.5) is 0 Å². The van der Waals surface area contributed by atoms with Gasteiger partial charge in [0.25, 0.3) is 0 Å². The van der Waals surface area contributed by atoms with E-state index in [4.69, 9.17) is 4.74 Å². The van der Waals surface area contributed by atoms with Crippen molar-refractivity contribution in [2.45, 2.75) is 57.3 Å². The first-order chi connectivity index (χ1) is 11.8. The molecule has 3 rings (SSSR count). The number of hydrogen-bond acceptors (Lipinski definition) is 4. The molecule has 1 aliphatic carbocycles. The first-order valence-corrected chi connectivity index (χ1v) is 9.60. The van der Waals surface area contributed by atoms with Crippen molar-refractivity contribution in [3.8, 4) is 0 Å². The third-order valence-corrected chi connectivity index (χ3v) is 5.47. The lowest BCUT2D eigenvalue weighted by atomic mass is 9.89. The maximum atomic E-state index is 10.2. The van der Waals surface area contributed by atoms with E-state index in [1.54, 1.807) is 0 Å². The van der Waals surface area contributed by atoms with Crippen molar-refractivity contribution < 1.29 is 9.84 Å². The largest absolute Gasteiger partial charge is 0.389 e. The number of hydrogen-bond donors (Lipinski definition) is 2. The zero-order valence-corrected chi connectivity index (χ0v) is 14.9. The van der Waals surface area contributed by atoms with Crippen LogP contribution in [0.15, 0.2) is 24.3 Å². The standard InChI is InChI=1S/C20H32N2O2/c1-2-22-12-6-9-17(22)13-21-14-18(23)15-24-20-11-5-8-16-7-3-4-10-19(16)20/h3-4,7,10,17-18,20-21,23H,2,5-6,8-9,11-15H2,1H3/t17-,18-,20+/m0/s1. The average molecular weight is 332 g/mol. The molecule has 134 valence electrons. The van der Waals surface area contributed by atoms with E-state index >= 15 is 0 Å². The first kappa shape index (κ1) is 17.9. The maximum absolute atomic E-state index is 10.2. The van der Waals surface area contributed by atoms with Gasteiger partial charge >= 0.3 is 0 Å². The molecule has 0 bridgehead atoms. The minimum absolute atomic E-state index is 0.148. The molecular weight excluding hydrogens is 300 g/mol. The van der Waals surface area contributed by atoms with Crippen molar-refractivity contribution in [3.63, 3.8) is 0 Å². The van der Waals surface area contributed by atoms with Gasteiger partial charge in [-0.2, -0.15) is 0 Å². The van der Waals surface area contributed by atoms with Gasteiger partial charge in [-0.05, 0) is 56.3 Å². The normalized spacial score (nSPS) is 25.6. The van der Waals surface area contributed by atoms with Gasteiger partial charge in [0.15, 0.2) is 0 Å². The fraction of sp³-hybridized carbons (Fsp3) is 0.700. The molecule has 1 aromatic carbocycles. The zero-order chi connectivity index (χ0) is 16.8. The molecule has 1 aromatic rings. The Balaban J connectivity index is 1.38. The lowest BCUT2D eigenvalue weighted by molar-refractivity contribution is -0.0169. The molecule has 0 radical (unpaired) electrons. The summed E-state index contributed by atoms with van der Waals surface area (Å²) in [7, 11) is 0. The van der Waals surface area contributed by atoms with E-state index in [2.05, 4.69) is 41.4 Å². The van der Waals surface area contributed by atoms with Crippen LogP contribution in [0.25, 0.3) is 0 Å². The molecule has 1 heterocycles. The van der Waals surface area contributed by atoms with Crippen molar-refractivity contribution in [3.05, 3.63) is 35.4 Å². The second-order valence-corrected chi connectivity index (χ2v) is 7.15. The first-order valence-electron chi connectivity index (χ1n) is 9.60. The van der Waals surface area contributed by atoms with Gasteiger partial charge < -0.3 is 15.2 Å². The number of aliphatic hydroxyl groups excluding tert-OH is 1. The molecule has 2 N–H and O–H groups in total. The molecule has 4 heteroatoms. The van der Waals surface area contributed by atoms with Crippen LogP contribution in [0.5, 0.6) is 0 Å². The molecule has 24 heavy (non-hydrogen) atoms. The van der Waals surface area contributed by atoms with Gasteiger partial charge in [-0.1, -0.05) is 31.2 Å². The molecule has 0 unspecified atom stereocenters. The van der Waals surface area contributed by atoms with Crippen LogP contribution >= 0.6 is 0 Å². The monoisotopic (exact) mass is 332 g/mol. The third kappa shape index (κ3) is 4.57. The molecular formula is C20H32N2O2. The number of likely N-dealkylation sites (N-methyl/N-ethyl adjacent to an activating group) is 1. The lowest BCUT2D eigenvalue weighted by Gasteiger charge is -2.27. The number of rotatable bonds is 8. The summed E-state index contributed by atoms with van der Waals surface area (Å²) in [6.07, 6.45) is 5.66. The molecule has 0 saturated carbocycles. The number of benzene rings is 1. The second-order valence-electron chi connectivity index (χ2n) is 7.15. The number of aliphatic hydroxyl groups is 1. The van der Waals surface area contributed by atoms with Crippen LogP contribution in [-0.2, 0) is 11.2 Å². The van der Waals surface area contributed by atoms with Gasteiger partial charge in [0.1, 0.15) is 0 Å². The summed E-state index contributed by atoms with van der Waals surface area (Å²) in [5, 5.41) is 13.7. The van der Waals surface area contributed by atoms with E-state index in [0.717, 1.165) is 25.9 Å². The number of fused-ring (bicyclic) bond motifs is 1. The highest BCUT2D eigenvalue weighted by Crippen LogP contribution is 2.32. The fourth-order valence-corrected chi connectivity index (χ4v) is 4.13. The van der Waals surface area contributed by atoms with E-state index in [1.165, 1.54) is 36.9 Å². The zero-order valence-electron chi connectivity index (χ0n) is 14.9. The van der Waals surface area contributed by atoms with E-state index in [0.29, 0.717) is 19.2 Å². The van der Waals surface area contributed by atoms with Gasteiger partial charge in [0.05, 0.1) is 18.8 Å². The van der Waals surface area contributed by atoms with Crippen molar-refractivity contribution in [2.24, 2.45) is 0 Å². The van der Waals surface area contributed by atoms with E-state index in [1.807, 2.05) is 0 Å². The summed E-state index contributed by atoms with van der Waals surface area (Å²) in [5.74, 6) is 0. The van der Waals surface area contributed by atoms with Gasteiger partial charge in [-0.25, -0.2) is 0 Å². The Morgan fingerprint density at radius 3 is 3.04 bits per heavy atom. The Morgan fingerprint density at radius 2 is 2.17 bits per heavy atom. The van der Waals surface area contributed by atoms with Crippen LogP contribution < -0.4 is 5.32 Å².